The molecule has 1 aliphatic heterocycles. The Morgan fingerprint density at radius 1 is 1.20 bits per heavy atom. The number of likely N-dealkylation sites (tertiary alicyclic amines) is 1. The van der Waals surface area contributed by atoms with Crippen LogP contribution in [0.4, 0.5) is 4.79 Å². The summed E-state index contributed by atoms with van der Waals surface area (Å²) in [5, 5.41) is 16.1. The maximum atomic E-state index is 13.8. The number of piperidine rings is 1. The van der Waals surface area contributed by atoms with Gasteiger partial charge in [-0.1, -0.05) is 48.9 Å². The van der Waals surface area contributed by atoms with Gasteiger partial charge in [0.05, 0.1) is 7.11 Å². The van der Waals surface area contributed by atoms with E-state index >= 15 is 0 Å². The zero-order valence-electron chi connectivity index (χ0n) is 24.4. The quantitative estimate of drug-likeness (QED) is 0.355. The van der Waals surface area contributed by atoms with Crippen LogP contribution in [0.1, 0.15) is 75.0 Å². The lowest BCUT2D eigenvalue weighted by molar-refractivity contribution is -0.150. The number of aryl methyl sites for hydroxylation is 1. The molecule has 5 rings (SSSR count). The van der Waals surface area contributed by atoms with Crippen molar-refractivity contribution in [3.8, 4) is 11.1 Å². The van der Waals surface area contributed by atoms with Crippen molar-refractivity contribution in [1.29, 1.82) is 0 Å². The molecule has 1 saturated carbocycles. The number of nitrogens with two attached hydrogens (primary N) is 1. The first-order valence-corrected chi connectivity index (χ1v) is 15.6. The number of nitrogens with one attached hydrogen (secondary N) is 1. The molecule has 0 unspecified atom stereocenters. The highest BCUT2D eigenvalue weighted by Gasteiger charge is 2.64. The molecule has 1 spiro atoms. The van der Waals surface area contributed by atoms with E-state index in [1.807, 2.05) is 17.0 Å². The number of aliphatic hydroxyl groups is 1. The van der Waals surface area contributed by atoms with Gasteiger partial charge in [0.15, 0.2) is 0 Å². The molecule has 2 aromatic rings. The number of nitrogens with zero attached hydrogens (tertiary/aromatic N) is 1. The highest BCUT2D eigenvalue weighted by molar-refractivity contribution is 6.33. The summed E-state index contributed by atoms with van der Waals surface area (Å²) in [7, 11) is 1.34. The molecule has 1 heterocycles. The van der Waals surface area contributed by atoms with Crippen molar-refractivity contribution in [3.63, 3.8) is 0 Å². The van der Waals surface area contributed by atoms with Crippen LogP contribution in [0, 0.1) is 11.8 Å². The Morgan fingerprint density at radius 3 is 2.68 bits per heavy atom. The molecule has 2 amide bonds. The van der Waals surface area contributed by atoms with E-state index in [0.717, 1.165) is 67.2 Å². The summed E-state index contributed by atoms with van der Waals surface area (Å²) in [4.78, 5) is 27.5. The van der Waals surface area contributed by atoms with Crippen molar-refractivity contribution in [1.82, 2.24) is 10.2 Å². The summed E-state index contributed by atoms with van der Waals surface area (Å²) >= 11 is 6.89. The van der Waals surface area contributed by atoms with Gasteiger partial charge in [0, 0.05) is 41.6 Å². The molecule has 2 fully saturated rings. The molecule has 7 nitrogen and oxygen atoms in total. The molecule has 41 heavy (non-hydrogen) atoms. The largest absolute Gasteiger partial charge is 0.453 e. The monoisotopic (exact) mass is 581 g/mol. The van der Waals surface area contributed by atoms with Crippen molar-refractivity contribution < 1.29 is 19.4 Å². The molecule has 2 aliphatic carbocycles. The summed E-state index contributed by atoms with van der Waals surface area (Å²) in [6.07, 6.45) is 6.82. The summed E-state index contributed by atoms with van der Waals surface area (Å²) in [5.41, 5.74) is 9.14. The Balaban J connectivity index is 1.50. The van der Waals surface area contributed by atoms with Gasteiger partial charge in [0.2, 0.25) is 5.91 Å². The van der Waals surface area contributed by atoms with Crippen molar-refractivity contribution >= 4 is 23.6 Å². The molecule has 0 radical (unpaired) electrons. The molecule has 0 bridgehead atoms. The van der Waals surface area contributed by atoms with Crippen LogP contribution < -0.4 is 11.1 Å². The van der Waals surface area contributed by atoms with E-state index in [2.05, 4.69) is 36.5 Å². The van der Waals surface area contributed by atoms with Crippen molar-refractivity contribution in [3.05, 3.63) is 58.1 Å². The van der Waals surface area contributed by atoms with Crippen molar-refractivity contribution in [2.24, 2.45) is 17.6 Å². The zero-order valence-corrected chi connectivity index (χ0v) is 25.1. The molecule has 0 aromatic heterocycles. The van der Waals surface area contributed by atoms with Gasteiger partial charge >= 0.3 is 6.09 Å². The maximum absolute atomic E-state index is 13.8. The maximum Gasteiger partial charge on any atom is 0.406 e. The predicted octanol–water partition coefficient (Wildman–Crippen LogP) is 5.53. The van der Waals surface area contributed by atoms with E-state index in [1.54, 1.807) is 0 Å². The van der Waals surface area contributed by atoms with Crippen molar-refractivity contribution in [2.75, 3.05) is 33.3 Å². The molecule has 1 saturated heterocycles. The van der Waals surface area contributed by atoms with Gasteiger partial charge in [-0.05, 0) is 98.6 Å². The smallest absolute Gasteiger partial charge is 0.406 e. The number of rotatable bonds is 8. The first-order valence-electron chi connectivity index (χ1n) is 15.2. The number of carbonyl (C=O) groups is 2. The Kier molecular flexibility index (Phi) is 8.98. The number of methoxy groups -OCH3 is 1. The molecule has 3 aliphatic rings. The minimum atomic E-state index is -1.20. The van der Waals surface area contributed by atoms with E-state index in [1.165, 1.54) is 12.7 Å². The fraction of sp³-hybridized carbons (Fsp3) is 0.576. The average molecular weight is 582 g/mol. The molecule has 4 N–H and O–H groups in total. The Labute approximate surface area is 248 Å². The lowest BCUT2D eigenvalue weighted by atomic mass is 9.47. The van der Waals surface area contributed by atoms with Crippen LogP contribution in [0.15, 0.2) is 36.4 Å². The number of fused-ring (bicyclic) bond motifs is 2. The van der Waals surface area contributed by atoms with E-state index in [9.17, 15) is 14.7 Å². The number of halogens is 1. The minimum absolute atomic E-state index is 0.0300. The number of alkyl carbamates (subject to hydrolysis) is 1. The number of amides is 2. The van der Waals surface area contributed by atoms with Crippen LogP contribution in [0.2, 0.25) is 5.02 Å². The zero-order chi connectivity index (χ0) is 29.2. The van der Waals surface area contributed by atoms with E-state index in [-0.39, 0.29) is 11.8 Å². The Hall–Kier alpha value is -2.61. The minimum Gasteiger partial charge on any atom is -0.453 e. The SMILES string of the molecule is CCc1cccc(-c2c(Cl)ccc3c2[C@](O)(CCCNC(=O)OC)[C@@]32CCCN(C(=O)C3CCC(CN)CC3)C2)c1. The van der Waals surface area contributed by atoms with Gasteiger partial charge in [0.25, 0.3) is 0 Å². The Bertz CT molecular complexity index is 1280. The number of ether oxygens (including phenoxy) is 1. The third-order valence-electron chi connectivity index (χ3n) is 10.0. The van der Waals surface area contributed by atoms with E-state index in [0.29, 0.717) is 50.0 Å². The fourth-order valence-electron chi connectivity index (χ4n) is 7.71. The molecule has 222 valence electrons. The molecule has 2 aromatic carbocycles. The summed E-state index contributed by atoms with van der Waals surface area (Å²) in [5.74, 6) is 0.762. The first kappa shape index (κ1) is 29.9. The third-order valence-corrected chi connectivity index (χ3v) is 10.3. The summed E-state index contributed by atoms with van der Waals surface area (Å²) in [6.45, 7) is 4.40. The van der Waals surface area contributed by atoms with Gasteiger partial charge in [-0.25, -0.2) is 4.79 Å². The second-order valence-electron chi connectivity index (χ2n) is 12.2. The fourth-order valence-corrected chi connectivity index (χ4v) is 7.98. The van der Waals surface area contributed by atoms with Crippen LogP contribution in [-0.4, -0.2) is 55.3 Å². The number of carbonyl (C=O) groups excluding carboxylic acids is 2. The van der Waals surface area contributed by atoms with Crippen LogP contribution in [0.3, 0.4) is 0 Å². The number of hydrogen-bond acceptors (Lipinski definition) is 5. The number of benzene rings is 2. The van der Waals surface area contributed by atoms with Crippen LogP contribution in [0.25, 0.3) is 11.1 Å². The van der Waals surface area contributed by atoms with E-state index in [4.69, 9.17) is 22.1 Å². The lowest BCUT2D eigenvalue weighted by Gasteiger charge is -2.62. The second-order valence-corrected chi connectivity index (χ2v) is 12.6. The summed E-state index contributed by atoms with van der Waals surface area (Å²) < 4.78 is 4.73. The number of hydrogen-bond donors (Lipinski definition) is 3. The lowest BCUT2D eigenvalue weighted by Crippen LogP contribution is -2.66. The normalized spacial score (nSPS) is 27.2. The molecular weight excluding hydrogens is 538 g/mol. The van der Waals surface area contributed by atoms with Crippen molar-refractivity contribution in [2.45, 2.75) is 75.7 Å². The van der Waals surface area contributed by atoms with Gasteiger partial charge in [-0.3, -0.25) is 4.79 Å². The molecular formula is C33H44ClN3O4. The van der Waals surface area contributed by atoms with E-state index < -0.39 is 17.1 Å². The van der Waals surface area contributed by atoms with Gasteiger partial charge in [-0.15, -0.1) is 0 Å². The topological polar surface area (TPSA) is 105 Å². The second kappa shape index (κ2) is 12.3. The Morgan fingerprint density at radius 2 is 1.98 bits per heavy atom. The van der Waals surface area contributed by atoms with Gasteiger partial charge in [0.1, 0.15) is 5.60 Å². The highest BCUT2D eigenvalue weighted by atomic mass is 35.5. The predicted molar refractivity (Wildman–Crippen MR) is 162 cm³/mol. The standard InChI is InChI=1S/C33H44ClN3O4/c1-3-22-7-4-8-25(19-22)28-27(34)14-13-26-29(28)33(40,16-5-17-36-31(39)41-2)32(26)15-6-18-37(21-32)30(38)24-11-9-23(20-35)10-12-24/h4,7-8,13-14,19,23-24,40H,3,5-6,9-12,15-18,20-21,35H2,1-2H3,(H,36,39)/t23?,24?,32-,33-/m1/s1. The van der Waals surface area contributed by atoms with Crippen LogP contribution in [-0.2, 0) is 27.0 Å². The average Bonchev–Trinajstić information content (AvgIpc) is 3.02. The first-order chi connectivity index (χ1) is 19.8. The van der Waals surface area contributed by atoms with Crippen LogP contribution in [0.5, 0.6) is 0 Å². The van der Waals surface area contributed by atoms with Gasteiger partial charge in [-0.2, -0.15) is 0 Å². The van der Waals surface area contributed by atoms with Crippen LogP contribution >= 0.6 is 11.6 Å². The third kappa shape index (κ3) is 5.37. The molecule has 2 atom stereocenters. The summed E-state index contributed by atoms with van der Waals surface area (Å²) in [6, 6.07) is 12.4. The highest BCUT2D eigenvalue weighted by Crippen LogP contribution is 2.64. The molecule has 8 heteroatoms. The van der Waals surface area contributed by atoms with Gasteiger partial charge < -0.3 is 25.8 Å².